The molecule has 1 heterocycles. The van der Waals surface area contributed by atoms with Gasteiger partial charge in [0.1, 0.15) is 5.60 Å². The molecule has 100 valence electrons. The van der Waals surface area contributed by atoms with Crippen molar-refractivity contribution < 1.29 is 9.53 Å². The lowest BCUT2D eigenvalue weighted by atomic mass is 9.82. The van der Waals surface area contributed by atoms with E-state index in [9.17, 15) is 4.79 Å². The zero-order valence-electron chi connectivity index (χ0n) is 11.6. The van der Waals surface area contributed by atoms with Crippen LogP contribution in [-0.2, 0) is 4.74 Å². The molecule has 1 rings (SSSR count). The van der Waals surface area contributed by atoms with Gasteiger partial charge in [-0.3, -0.25) is 0 Å². The van der Waals surface area contributed by atoms with Crippen LogP contribution in [0.25, 0.3) is 0 Å². The first-order chi connectivity index (χ1) is 7.87. The van der Waals surface area contributed by atoms with Crippen LogP contribution in [0.3, 0.4) is 0 Å². The van der Waals surface area contributed by atoms with E-state index in [1.165, 1.54) is 0 Å². The minimum Gasteiger partial charge on any atom is -0.444 e. The number of carbonyl (C=O) groups is 1. The fourth-order valence-electron chi connectivity index (χ4n) is 2.35. The normalized spacial score (nSPS) is 24.7. The molecule has 0 spiro atoms. The van der Waals surface area contributed by atoms with Crippen LogP contribution >= 0.6 is 0 Å². The van der Waals surface area contributed by atoms with Crippen LogP contribution in [0, 0.1) is 5.41 Å². The Morgan fingerprint density at radius 3 is 2.65 bits per heavy atom. The lowest BCUT2D eigenvalue weighted by molar-refractivity contribution is 0.0500. The standard InChI is InChI=1S/C13H26N2O2/c1-5-6-13(7-8-14-9-13)10-15-11(16)17-12(2,3)4/h14H,5-10H2,1-4H3,(H,15,16). The van der Waals surface area contributed by atoms with E-state index >= 15 is 0 Å². The Morgan fingerprint density at radius 2 is 2.18 bits per heavy atom. The molecular weight excluding hydrogens is 216 g/mol. The fraction of sp³-hybridized carbons (Fsp3) is 0.923. The number of ether oxygens (including phenoxy) is 1. The molecule has 1 atom stereocenters. The zero-order chi connectivity index (χ0) is 12.9. The minimum atomic E-state index is -0.421. The van der Waals surface area contributed by atoms with Gasteiger partial charge in [0.2, 0.25) is 0 Å². The summed E-state index contributed by atoms with van der Waals surface area (Å²) in [4.78, 5) is 11.6. The summed E-state index contributed by atoms with van der Waals surface area (Å²) in [6.07, 6.45) is 3.13. The van der Waals surface area contributed by atoms with Crippen LogP contribution in [0.4, 0.5) is 4.79 Å². The largest absolute Gasteiger partial charge is 0.444 e. The Hall–Kier alpha value is -0.770. The molecule has 1 amide bonds. The maximum absolute atomic E-state index is 11.6. The monoisotopic (exact) mass is 242 g/mol. The topological polar surface area (TPSA) is 50.4 Å². The van der Waals surface area contributed by atoms with E-state index in [1.807, 2.05) is 20.8 Å². The highest BCUT2D eigenvalue weighted by atomic mass is 16.6. The van der Waals surface area contributed by atoms with Gasteiger partial charge in [-0.2, -0.15) is 0 Å². The molecule has 17 heavy (non-hydrogen) atoms. The predicted molar refractivity (Wildman–Crippen MR) is 69.1 cm³/mol. The summed E-state index contributed by atoms with van der Waals surface area (Å²) in [5.41, 5.74) is -0.193. The quantitative estimate of drug-likeness (QED) is 0.795. The van der Waals surface area contributed by atoms with Crippen LogP contribution in [0.1, 0.15) is 47.0 Å². The number of nitrogens with one attached hydrogen (secondary N) is 2. The van der Waals surface area contributed by atoms with Crippen molar-refractivity contribution in [2.75, 3.05) is 19.6 Å². The average Bonchev–Trinajstić information content (AvgIpc) is 2.62. The van der Waals surface area contributed by atoms with E-state index in [0.29, 0.717) is 6.54 Å². The molecule has 4 nitrogen and oxygen atoms in total. The van der Waals surface area contributed by atoms with Gasteiger partial charge in [0, 0.05) is 18.5 Å². The fourth-order valence-corrected chi connectivity index (χ4v) is 2.35. The summed E-state index contributed by atoms with van der Waals surface area (Å²) >= 11 is 0. The second kappa shape index (κ2) is 5.71. The lowest BCUT2D eigenvalue weighted by Gasteiger charge is -2.29. The molecule has 0 aromatic carbocycles. The van der Waals surface area contributed by atoms with Gasteiger partial charge in [0.25, 0.3) is 0 Å². The van der Waals surface area contributed by atoms with Gasteiger partial charge in [-0.05, 0) is 40.2 Å². The van der Waals surface area contributed by atoms with Crippen LogP contribution in [0.2, 0.25) is 0 Å². The van der Waals surface area contributed by atoms with Crippen molar-refractivity contribution in [2.45, 2.75) is 52.6 Å². The van der Waals surface area contributed by atoms with Gasteiger partial charge < -0.3 is 15.4 Å². The summed E-state index contributed by atoms with van der Waals surface area (Å²) in [6.45, 7) is 10.6. The summed E-state index contributed by atoms with van der Waals surface area (Å²) in [5, 5.41) is 6.28. The zero-order valence-corrected chi connectivity index (χ0v) is 11.6. The average molecular weight is 242 g/mol. The SMILES string of the molecule is CCCC1(CNC(=O)OC(C)(C)C)CCNC1. The molecule has 0 saturated carbocycles. The lowest BCUT2D eigenvalue weighted by Crippen LogP contribution is -2.41. The van der Waals surface area contributed by atoms with Crippen LogP contribution in [0.15, 0.2) is 0 Å². The van der Waals surface area contributed by atoms with E-state index in [-0.39, 0.29) is 11.5 Å². The van der Waals surface area contributed by atoms with Gasteiger partial charge in [-0.15, -0.1) is 0 Å². The number of alkyl carbamates (subject to hydrolysis) is 1. The Kier molecular flexibility index (Phi) is 4.80. The van der Waals surface area contributed by atoms with Crippen molar-refractivity contribution in [3.8, 4) is 0 Å². The van der Waals surface area contributed by atoms with Crippen molar-refractivity contribution in [3.63, 3.8) is 0 Å². The number of hydrogen-bond donors (Lipinski definition) is 2. The molecule has 1 unspecified atom stereocenters. The molecule has 0 aromatic heterocycles. The van der Waals surface area contributed by atoms with Crippen LogP contribution < -0.4 is 10.6 Å². The molecule has 0 aliphatic carbocycles. The van der Waals surface area contributed by atoms with Crippen LogP contribution in [-0.4, -0.2) is 31.3 Å². The van der Waals surface area contributed by atoms with E-state index < -0.39 is 5.60 Å². The summed E-state index contributed by atoms with van der Waals surface area (Å²) in [5.74, 6) is 0. The Balaban J connectivity index is 2.39. The minimum absolute atomic E-state index is 0.228. The summed E-state index contributed by atoms with van der Waals surface area (Å²) in [7, 11) is 0. The number of rotatable bonds is 4. The molecule has 0 radical (unpaired) electrons. The molecule has 2 N–H and O–H groups in total. The molecular formula is C13H26N2O2. The second-order valence-electron chi connectivity index (χ2n) is 6.03. The van der Waals surface area contributed by atoms with E-state index in [0.717, 1.165) is 32.4 Å². The highest BCUT2D eigenvalue weighted by Gasteiger charge is 2.33. The highest BCUT2D eigenvalue weighted by Crippen LogP contribution is 2.30. The van der Waals surface area contributed by atoms with Crippen molar-refractivity contribution in [2.24, 2.45) is 5.41 Å². The number of carbonyl (C=O) groups excluding carboxylic acids is 1. The second-order valence-corrected chi connectivity index (χ2v) is 6.03. The Bertz CT molecular complexity index is 253. The smallest absolute Gasteiger partial charge is 0.407 e. The van der Waals surface area contributed by atoms with Gasteiger partial charge in [0.05, 0.1) is 0 Å². The highest BCUT2D eigenvalue weighted by molar-refractivity contribution is 5.67. The van der Waals surface area contributed by atoms with Crippen LogP contribution in [0.5, 0.6) is 0 Å². The van der Waals surface area contributed by atoms with Gasteiger partial charge >= 0.3 is 6.09 Å². The molecule has 0 bridgehead atoms. The first-order valence-corrected chi connectivity index (χ1v) is 6.54. The third-order valence-electron chi connectivity index (χ3n) is 3.12. The van der Waals surface area contributed by atoms with E-state index in [2.05, 4.69) is 17.6 Å². The van der Waals surface area contributed by atoms with Crippen molar-refractivity contribution >= 4 is 6.09 Å². The number of hydrogen-bond acceptors (Lipinski definition) is 3. The van der Waals surface area contributed by atoms with Gasteiger partial charge in [-0.1, -0.05) is 13.3 Å². The maximum atomic E-state index is 11.6. The molecule has 1 aliphatic heterocycles. The van der Waals surface area contributed by atoms with Crippen molar-refractivity contribution in [1.82, 2.24) is 10.6 Å². The van der Waals surface area contributed by atoms with Crippen molar-refractivity contribution in [1.29, 1.82) is 0 Å². The Labute approximate surface area is 104 Å². The van der Waals surface area contributed by atoms with Crippen molar-refractivity contribution in [3.05, 3.63) is 0 Å². The van der Waals surface area contributed by atoms with E-state index in [4.69, 9.17) is 4.74 Å². The summed E-state index contributed by atoms with van der Waals surface area (Å²) in [6, 6.07) is 0. The molecule has 1 saturated heterocycles. The molecule has 1 aliphatic rings. The van der Waals surface area contributed by atoms with Gasteiger partial charge in [0.15, 0.2) is 0 Å². The van der Waals surface area contributed by atoms with E-state index in [1.54, 1.807) is 0 Å². The Morgan fingerprint density at radius 1 is 1.47 bits per heavy atom. The first-order valence-electron chi connectivity index (χ1n) is 6.54. The molecule has 4 heteroatoms. The molecule has 0 aromatic rings. The third kappa shape index (κ3) is 4.94. The maximum Gasteiger partial charge on any atom is 0.407 e. The molecule has 1 fully saturated rings. The third-order valence-corrected chi connectivity index (χ3v) is 3.12. The first kappa shape index (κ1) is 14.3. The van der Waals surface area contributed by atoms with Gasteiger partial charge in [-0.25, -0.2) is 4.79 Å². The predicted octanol–water partition coefficient (Wildman–Crippen LogP) is 2.29. The summed E-state index contributed by atoms with van der Waals surface area (Å²) < 4.78 is 5.25. The number of amides is 1.